The molecule has 2 rings (SSSR count). The van der Waals surface area contributed by atoms with Gasteiger partial charge in [-0.05, 0) is 31.5 Å². The van der Waals surface area contributed by atoms with Crippen molar-refractivity contribution in [3.05, 3.63) is 42.5 Å². The molecule has 84 valence electrons. The summed E-state index contributed by atoms with van der Waals surface area (Å²) in [5, 5.41) is 0. The standard InChI is InChI=1S/C13H15FN2/c1-9(2)16-7-12(13(15)8-16)10-4-3-5-11(14)6-10/h3-9H,15H2,1-2H3. The van der Waals surface area contributed by atoms with Crippen molar-refractivity contribution in [1.82, 2.24) is 4.57 Å². The van der Waals surface area contributed by atoms with E-state index in [4.69, 9.17) is 5.73 Å². The van der Waals surface area contributed by atoms with E-state index in [-0.39, 0.29) is 5.82 Å². The lowest BCUT2D eigenvalue weighted by Gasteiger charge is -2.05. The van der Waals surface area contributed by atoms with E-state index in [9.17, 15) is 4.39 Å². The molecular weight excluding hydrogens is 203 g/mol. The molecule has 0 aliphatic carbocycles. The van der Waals surface area contributed by atoms with E-state index in [0.29, 0.717) is 11.7 Å². The van der Waals surface area contributed by atoms with E-state index in [1.54, 1.807) is 6.07 Å². The van der Waals surface area contributed by atoms with Gasteiger partial charge in [0.15, 0.2) is 0 Å². The Hall–Kier alpha value is -1.77. The molecule has 0 saturated carbocycles. The smallest absolute Gasteiger partial charge is 0.123 e. The van der Waals surface area contributed by atoms with Gasteiger partial charge in [-0.15, -0.1) is 0 Å². The molecule has 0 atom stereocenters. The Balaban J connectivity index is 2.48. The largest absolute Gasteiger partial charge is 0.397 e. The number of hydrogen-bond donors (Lipinski definition) is 1. The highest BCUT2D eigenvalue weighted by molar-refractivity contribution is 5.75. The molecule has 1 aromatic carbocycles. The minimum atomic E-state index is -0.241. The van der Waals surface area contributed by atoms with E-state index in [1.807, 2.05) is 23.0 Å². The van der Waals surface area contributed by atoms with Gasteiger partial charge in [0.2, 0.25) is 0 Å². The zero-order valence-electron chi connectivity index (χ0n) is 9.44. The molecule has 1 heterocycles. The van der Waals surface area contributed by atoms with Crippen LogP contribution < -0.4 is 5.73 Å². The molecule has 16 heavy (non-hydrogen) atoms. The maximum atomic E-state index is 13.1. The van der Waals surface area contributed by atoms with E-state index in [0.717, 1.165) is 11.1 Å². The van der Waals surface area contributed by atoms with Crippen molar-refractivity contribution in [3.63, 3.8) is 0 Å². The van der Waals surface area contributed by atoms with Gasteiger partial charge >= 0.3 is 0 Å². The minimum absolute atomic E-state index is 0.241. The number of hydrogen-bond acceptors (Lipinski definition) is 1. The van der Waals surface area contributed by atoms with Crippen LogP contribution in [0.5, 0.6) is 0 Å². The van der Waals surface area contributed by atoms with Crippen LogP contribution in [-0.2, 0) is 0 Å². The molecule has 1 aromatic heterocycles. The van der Waals surface area contributed by atoms with Gasteiger partial charge in [0.05, 0.1) is 5.69 Å². The molecule has 0 unspecified atom stereocenters. The summed E-state index contributed by atoms with van der Waals surface area (Å²) >= 11 is 0. The fourth-order valence-corrected chi connectivity index (χ4v) is 1.69. The van der Waals surface area contributed by atoms with Crippen molar-refractivity contribution in [2.24, 2.45) is 0 Å². The number of anilines is 1. The van der Waals surface area contributed by atoms with Crippen molar-refractivity contribution in [2.75, 3.05) is 5.73 Å². The summed E-state index contributed by atoms with van der Waals surface area (Å²) in [6, 6.07) is 6.83. The zero-order valence-corrected chi connectivity index (χ0v) is 9.44. The second-order valence-corrected chi connectivity index (χ2v) is 4.18. The molecule has 3 heteroatoms. The van der Waals surface area contributed by atoms with E-state index in [2.05, 4.69) is 13.8 Å². The Morgan fingerprint density at radius 1 is 1.25 bits per heavy atom. The number of benzene rings is 1. The number of aromatic nitrogens is 1. The first-order valence-electron chi connectivity index (χ1n) is 5.31. The molecular formula is C13H15FN2. The topological polar surface area (TPSA) is 30.9 Å². The summed E-state index contributed by atoms with van der Waals surface area (Å²) < 4.78 is 15.1. The lowest BCUT2D eigenvalue weighted by molar-refractivity contribution is 0.604. The van der Waals surface area contributed by atoms with Crippen LogP contribution in [0.3, 0.4) is 0 Å². The Morgan fingerprint density at radius 2 is 2.00 bits per heavy atom. The molecule has 0 fully saturated rings. The van der Waals surface area contributed by atoms with Gasteiger partial charge in [0.1, 0.15) is 5.82 Å². The van der Waals surface area contributed by atoms with Gasteiger partial charge in [0, 0.05) is 24.0 Å². The van der Waals surface area contributed by atoms with Crippen LogP contribution in [0.2, 0.25) is 0 Å². The van der Waals surface area contributed by atoms with Crippen molar-refractivity contribution in [2.45, 2.75) is 19.9 Å². The fraction of sp³-hybridized carbons (Fsp3) is 0.231. The van der Waals surface area contributed by atoms with E-state index in [1.165, 1.54) is 12.1 Å². The monoisotopic (exact) mass is 218 g/mol. The lowest BCUT2D eigenvalue weighted by atomic mass is 10.1. The van der Waals surface area contributed by atoms with Crippen molar-refractivity contribution in [3.8, 4) is 11.1 Å². The average Bonchev–Trinajstić information content (AvgIpc) is 2.60. The maximum absolute atomic E-state index is 13.1. The van der Waals surface area contributed by atoms with Crippen molar-refractivity contribution < 1.29 is 4.39 Å². The van der Waals surface area contributed by atoms with Crippen LogP contribution in [0, 0.1) is 5.82 Å². The van der Waals surface area contributed by atoms with Gasteiger partial charge in [-0.1, -0.05) is 12.1 Å². The summed E-state index contributed by atoms with van der Waals surface area (Å²) in [4.78, 5) is 0. The Kier molecular flexibility index (Phi) is 2.69. The van der Waals surface area contributed by atoms with E-state index < -0.39 is 0 Å². The molecule has 2 nitrogen and oxygen atoms in total. The molecule has 0 spiro atoms. The van der Waals surface area contributed by atoms with E-state index >= 15 is 0 Å². The van der Waals surface area contributed by atoms with Crippen LogP contribution in [0.25, 0.3) is 11.1 Å². The Bertz CT molecular complexity index is 500. The second-order valence-electron chi connectivity index (χ2n) is 4.18. The molecule has 0 amide bonds. The van der Waals surface area contributed by atoms with Gasteiger partial charge in [-0.2, -0.15) is 0 Å². The van der Waals surface area contributed by atoms with Crippen LogP contribution >= 0.6 is 0 Å². The van der Waals surface area contributed by atoms with Crippen LogP contribution in [0.15, 0.2) is 36.7 Å². The average molecular weight is 218 g/mol. The van der Waals surface area contributed by atoms with Gasteiger partial charge in [0.25, 0.3) is 0 Å². The summed E-state index contributed by atoms with van der Waals surface area (Å²) in [6.07, 6.45) is 3.83. The highest BCUT2D eigenvalue weighted by Crippen LogP contribution is 2.28. The molecule has 0 aliphatic heterocycles. The SMILES string of the molecule is CC(C)n1cc(N)c(-c2cccc(F)c2)c1. The maximum Gasteiger partial charge on any atom is 0.123 e. The van der Waals surface area contributed by atoms with Crippen LogP contribution in [0.4, 0.5) is 10.1 Å². The number of nitrogens with two attached hydrogens (primary N) is 1. The molecule has 0 saturated heterocycles. The molecule has 0 aliphatic rings. The lowest BCUT2D eigenvalue weighted by Crippen LogP contribution is -1.95. The normalized spacial score (nSPS) is 11.0. The summed E-state index contributed by atoms with van der Waals surface area (Å²) in [7, 11) is 0. The number of rotatable bonds is 2. The first-order valence-corrected chi connectivity index (χ1v) is 5.31. The first kappa shape index (κ1) is 10.7. The zero-order chi connectivity index (χ0) is 11.7. The van der Waals surface area contributed by atoms with Crippen LogP contribution in [0.1, 0.15) is 19.9 Å². The molecule has 2 aromatic rings. The molecule has 2 N–H and O–H groups in total. The third-order valence-corrected chi connectivity index (χ3v) is 2.61. The summed E-state index contributed by atoms with van der Waals surface area (Å²) in [6.45, 7) is 4.16. The first-order chi connectivity index (χ1) is 7.58. The molecule has 0 radical (unpaired) electrons. The van der Waals surface area contributed by atoms with Crippen molar-refractivity contribution in [1.29, 1.82) is 0 Å². The Morgan fingerprint density at radius 3 is 2.56 bits per heavy atom. The third-order valence-electron chi connectivity index (χ3n) is 2.61. The van der Waals surface area contributed by atoms with Crippen molar-refractivity contribution >= 4 is 5.69 Å². The van der Waals surface area contributed by atoms with Gasteiger partial charge in [-0.25, -0.2) is 4.39 Å². The highest BCUT2D eigenvalue weighted by atomic mass is 19.1. The highest BCUT2D eigenvalue weighted by Gasteiger charge is 2.08. The second kappa shape index (κ2) is 4.00. The quantitative estimate of drug-likeness (QED) is 0.822. The predicted octanol–water partition coefficient (Wildman–Crippen LogP) is 3.46. The fourth-order valence-electron chi connectivity index (χ4n) is 1.69. The Labute approximate surface area is 94.5 Å². The van der Waals surface area contributed by atoms with Gasteiger partial charge < -0.3 is 10.3 Å². The summed E-state index contributed by atoms with van der Waals surface area (Å²) in [5.41, 5.74) is 8.30. The number of nitrogen functional groups attached to an aromatic ring is 1. The number of nitrogens with zero attached hydrogens (tertiary/aromatic N) is 1. The predicted molar refractivity (Wildman–Crippen MR) is 64.6 cm³/mol. The summed E-state index contributed by atoms with van der Waals surface area (Å²) in [5.74, 6) is -0.241. The number of halogens is 1. The third kappa shape index (κ3) is 1.94. The van der Waals surface area contributed by atoms with Crippen LogP contribution in [-0.4, -0.2) is 4.57 Å². The van der Waals surface area contributed by atoms with Gasteiger partial charge in [-0.3, -0.25) is 0 Å². The minimum Gasteiger partial charge on any atom is -0.397 e. The molecule has 0 bridgehead atoms.